The number of carbonyl (C=O) groups excluding carboxylic acids is 5. The van der Waals surface area contributed by atoms with Gasteiger partial charge in [0.2, 0.25) is 29.5 Å². The van der Waals surface area contributed by atoms with Gasteiger partial charge in [-0.15, -0.1) is 0 Å². The van der Waals surface area contributed by atoms with E-state index in [-0.39, 0.29) is 31.7 Å². The number of benzene rings is 1. The smallest absolute Gasteiger partial charge is 0.326 e. The number of hydrogen-bond acceptors (Lipinski definition) is 8. The molecule has 1 aromatic rings. The average molecular weight is 604 g/mol. The summed E-state index contributed by atoms with van der Waals surface area (Å²) in [5.41, 5.74) is 17.7. The molecule has 5 atom stereocenters. The highest BCUT2D eigenvalue weighted by Crippen LogP contribution is 2.21. The van der Waals surface area contributed by atoms with Crippen molar-refractivity contribution in [2.24, 2.45) is 23.1 Å². The molecule has 1 fully saturated rings. The van der Waals surface area contributed by atoms with Gasteiger partial charge in [-0.1, -0.05) is 44.2 Å². The van der Waals surface area contributed by atoms with Crippen molar-refractivity contribution in [1.82, 2.24) is 20.9 Å². The standard InChI is InChI=1S/C29H45N7O7/c1-17(2)24(28(41)36-14-8-12-22(36)27(40)34-21(29(42)43)16-23(32)37)35-26(39)20(11-6-7-13-30)33-25(38)19(31)15-18-9-4-3-5-10-18/h3-5,9-10,17,19-22,24H,6-8,11-16,30-31H2,1-2H3,(H2,32,37)(H,33,38)(H,34,40)(H,35,39)(H,42,43)/t19-,20-,21-,22-,24-/m0/s1. The number of carboxylic acids is 1. The molecule has 0 unspecified atom stereocenters. The molecule has 14 heteroatoms. The molecule has 1 saturated heterocycles. The Hall–Kier alpha value is -4.04. The molecule has 1 heterocycles. The molecule has 2 rings (SSSR count). The third-order valence-corrected chi connectivity index (χ3v) is 7.30. The van der Waals surface area contributed by atoms with Gasteiger partial charge in [-0.25, -0.2) is 4.79 Å². The van der Waals surface area contributed by atoms with Crippen LogP contribution >= 0.6 is 0 Å². The summed E-state index contributed by atoms with van der Waals surface area (Å²) < 4.78 is 0. The summed E-state index contributed by atoms with van der Waals surface area (Å²) in [6, 6.07) is 3.80. The SMILES string of the molecule is CC(C)[C@H](NC(=O)[C@H](CCCCN)NC(=O)[C@@H](N)Cc1ccccc1)C(=O)N1CCC[C@H]1C(=O)N[C@@H](CC(N)=O)C(=O)O. The molecule has 0 spiro atoms. The number of likely N-dealkylation sites (tertiary alicyclic amines) is 1. The topological polar surface area (TPSA) is 240 Å². The fourth-order valence-corrected chi connectivity index (χ4v) is 4.92. The minimum Gasteiger partial charge on any atom is -0.480 e. The van der Waals surface area contributed by atoms with Crippen LogP contribution in [0.1, 0.15) is 57.9 Å². The molecule has 0 saturated carbocycles. The van der Waals surface area contributed by atoms with Crippen molar-refractivity contribution in [3.8, 4) is 0 Å². The number of rotatable bonds is 17. The Morgan fingerprint density at radius 2 is 1.65 bits per heavy atom. The van der Waals surface area contributed by atoms with E-state index in [9.17, 15) is 33.9 Å². The molecule has 1 aliphatic heterocycles. The number of unbranched alkanes of at least 4 members (excludes halogenated alkanes) is 1. The lowest BCUT2D eigenvalue weighted by Crippen LogP contribution is -2.59. The normalized spacial score (nSPS) is 17.4. The summed E-state index contributed by atoms with van der Waals surface area (Å²) in [6.07, 6.45) is 1.88. The van der Waals surface area contributed by atoms with Crippen LogP contribution in [0, 0.1) is 5.92 Å². The van der Waals surface area contributed by atoms with Crippen LogP contribution in [0.5, 0.6) is 0 Å². The third kappa shape index (κ3) is 10.9. The molecule has 14 nitrogen and oxygen atoms in total. The summed E-state index contributed by atoms with van der Waals surface area (Å²) in [7, 11) is 0. The van der Waals surface area contributed by atoms with E-state index in [4.69, 9.17) is 17.2 Å². The van der Waals surface area contributed by atoms with Gasteiger partial charge < -0.3 is 43.2 Å². The Kier molecular flexibility index (Phi) is 14.0. The van der Waals surface area contributed by atoms with E-state index in [1.807, 2.05) is 30.3 Å². The molecule has 238 valence electrons. The lowest BCUT2D eigenvalue weighted by molar-refractivity contribution is -0.146. The van der Waals surface area contributed by atoms with Crippen molar-refractivity contribution in [1.29, 1.82) is 0 Å². The van der Waals surface area contributed by atoms with Crippen LogP contribution < -0.4 is 33.2 Å². The minimum absolute atomic E-state index is 0.217. The zero-order valence-corrected chi connectivity index (χ0v) is 24.8. The van der Waals surface area contributed by atoms with E-state index in [1.54, 1.807) is 13.8 Å². The first kappa shape index (κ1) is 35.2. The predicted molar refractivity (Wildman–Crippen MR) is 158 cm³/mol. The van der Waals surface area contributed by atoms with E-state index in [1.165, 1.54) is 4.90 Å². The Labute approximate surface area is 251 Å². The molecule has 0 aliphatic carbocycles. The predicted octanol–water partition coefficient (Wildman–Crippen LogP) is -1.25. The maximum absolute atomic E-state index is 13.7. The van der Waals surface area contributed by atoms with Crippen molar-refractivity contribution in [2.45, 2.75) is 89.0 Å². The van der Waals surface area contributed by atoms with Crippen LogP contribution in [-0.2, 0) is 35.2 Å². The van der Waals surface area contributed by atoms with Gasteiger partial charge in [0.15, 0.2) is 0 Å². The number of nitrogens with two attached hydrogens (primary N) is 3. The molecule has 0 bridgehead atoms. The summed E-state index contributed by atoms with van der Waals surface area (Å²) in [4.78, 5) is 77.1. The van der Waals surface area contributed by atoms with Gasteiger partial charge in [0, 0.05) is 6.54 Å². The first-order chi connectivity index (χ1) is 20.3. The number of carboxylic acid groups (broad SMARTS) is 1. The molecule has 1 aliphatic rings. The van der Waals surface area contributed by atoms with Crippen molar-refractivity contribution in [3.63, 3.8) is 0 Å². The fourth-order valence-electron chi connectivity index (χ4n) is 4.92. The van der Waals surface area contributed by atoms with E-state index >= 15 is 0 Å². The highest BCUT2D eigenvalue weighted by Gasteiger charge is 2.40. The Balaban J connectivity index is 2.15. The molecule has 0 aromatic heterocycles. The number of amides is 5. The highest BCUT2D eigenvalue weighted by molar-refractivity contribution is 5.96. The molecule has 0 radical (unpaired) electrons. The number of nitrogens with zero attached hydrogens (tertiary/aromatic N) is 1. The van der Waals surface area contributed by atoms with Gasteiger partial charge in [-0.3, -0.25) is 24.0 Å². The van der Waals surface area contributed by atoms with Crippen LogP contribution in [0.25, 0.3) is 0 Å². The zero-order chi connectivity index (χ0) is 32.1. The van der Waals surface area contributed by atoms with Gasteiger partial charge in [0.25, 0.3) is 0 Å². The quantitative estimate of drug-likeness (QED) is 0.105. The number of nitrogens with one attached hydrogen (secondary N) is 3. The zero-order valence-electron chi connectivity index (χ0n) is 24.8. The van der Waals surface area contributed by atoms with Crippen LogP contribution in [0.4, 0.5) is 0 Å². The number of aliphatic carboxylic acids is 1. The lowest BCUT2D eigenvalue weighted by atomic mass is 10.00. The molecule has 43 heavy (non-hydrogen) atoms. The largest absolute Gasteiger partial charge is 0.480 e. The van der Waals surface area contributed by atoms with Gasteiger partial charge >= 0.3 is 5.97 Å². The summed E-state index contributed by atoms with van der Waals surface area (Å²) in [6.45, 7) is 4.09. The van der Waals surface area contributed by atoms with Crippen molar-refractivity contribution < 1.29 is 33.9 Å². The molecular weight excluding hydrogens is 558 g/mol. The van der Waals surface area contributed by atoms with Gasteiger partial charge in [0.1, 0.15) is 24.2 Å². The number of primary amides is 1. The maximum atomic E-state index is 13.7. The Morgan fingerprint density at radius 3 is 2.23 bits per heavy atom. The van der Waals surface area contributed by atoms with Gasteiger partial charge in [-0.2, -0.15) is 0 Å². The van der Waals surface area contributed by atoms with Crippen molar-refractivity contribution in [2.75, 3.05) is 13.1 Å². The maximum Gasteiger partial charge on any atom is 0.326 e. The van der Waals surface area contributed by atoms with Gasteiger partial charge in [-0.05, 0) is 56.6 Å². The first-order valence-corrected chi connectivity index (χ1v) is 14.6. The average Bonchev–Trinajstić information content (AvgIpc) is 3.45. The second-order valence-corrected chi connectivity index (χ2v) is 11.1. The van der Waals surface area contributed by atoms with Crippen LogP contribution in [-0.4, -0.2) is 88.8 Å². The van der Waals surface area contributed by atoms with Crippen LogP contribution in [0.3, 0.4) is 0 Å². The monoisotopic (exact) mass is 603 g/mol. The summed E-state index contributed by atoms with van der Waals surface area (Å²) in [5, 5.41) is 17.1. The Bertz CT molecular complexity index is 1130. The number of hydrogen-bond donors (Lipinski definition) is 7. The van der Waals surface area contributed by atoms with Gasteiger partial charge in [0.05, 0.1) is 12.5 Å². The van der Waals surface area contributed by atoms with Crippen LogP contribution in [0.2, 0.25) is 0 Å². The fraction of sp³-hybridized carbons (Fsp3) is 0.586. The van der Waals surface area contributed by atoms with E-state index in [2.05, 4.69) is 16.0 Å². The second-order valence-electron chi connectivity index (χ2n) is 11.1. The van der Waals surface area contributed by atoms with E-state index in [0.29, 0.717) is 25.8 Å². The van der Waals surface area contributed by atoms with E-state index < -0.39 is 72.1 Å². The lowest BCUT2D eigenvalue weighted by Gasteiger charge is -2.32. The molecule has 5 amide bonds. The molecular formula is C29H45N7O7. The molecule has 10 N–H and O–H groups in total. The van der Waals surface area contributed by atoms with E-state index in [0.717, 1.165) is 5.56 Å². The Morgan fingerprint density at radius 1 is 0.977 bits per heavy atom. The third-order valence-electron chi connectivity index (χ3n) is 7.30. The summed E-state index contributed by atoms with van der Waals surface area (Å²) in [5.74, 6) is -5.04. The number of carbonyl (C=O) groups is 6. The highest BCUT2D eigenvalue weighted by atomic mass is 16.4. The molecule has 1 aromatic carbocycles. The van der Waals surface area contributed by atoms with Crippen molar-refractivity contribution >= 4 is 35.5 Å². The summed E-state index contributed by atoms with van der Waals surface area (Å²) >= 11 is 0. The first-order valence-electron chi connectivity index (χ1n) is 14.6. The minimum atomic E-state index is -1.53. The van der Waals surface area contributed by atoms with Crippen molar-refractivity contribution in [3.05, 3.63) is 35.9 Å². The second kappa shape index (κ2) is 17.2. The van der Waals surface area contributed by atoms with Crippen LogP contribution in [0.15, 0.2) is 30.3 Å².